The van der Waals surface area contributed by atoms with Gasteiger partial charge in [0.1, 0.15) is 0 Å². The largest absolute Gasteiger partial charge is 0.335 e. The molecule has 0 saturated heterocycles. The van der Waals surface area contributed by atoms with Crippen LogP contribution in [0.2, 0.25) is 5.02 Å². The van der Waals surface area contributed by atoms with Crippen molar-refractivity contribution in [2.75, 3.05) is 0 Å². The molecule has 0 N–H and O–H groups in total. The van der Waals surface area contributed by atoms with Gasteiger partial charge in [-0.15, -0.1) is 0 Å². The first-order chi connectivity index (χ1) is 11.3. The standard InChI is InChI=1S/C20H15ClN2/c21-17-10-8-15(9-11-17)14-23-19-7-2-1-5-16(19)13-20(23)18-6-3-4-12-22-18/h1-13H,14H2. The fourth-order valence-corrected chi connectivity index (χ4v) is 3.01. The molecule has 0 aliphatic heterocycles. The number of pyridine rings is 1. The zero-order valence-electron chi connectivity index (χ0n) is 12.5. The van der Waals surface area contributed by atoms with Gasteiger partial charge < -0.3 is 4.57 Å². The molecule has 0 spiro atoms. The van der Waals surface area contributed by atoms with Crippen molar-refractivity contribution in [2.45, 2.75) is 6.54 Å². The monoisotopic (exact) mass is 318 g/mol. The first-order valence-electron chi connectivity index (χ1n) is 7.55. The van der Waals surface area contributed by atoms with Crippen LogP contribution in [0.15, 0.2) is 79.0 Å². The lowest BCUT2D eigenvalue weighted by Gasteiger charge is -2.11. The summed E-state index contributed by atoms with van der Waals surface area (Å²) in [4.78, 5) is 4.52. The topological polar surface area (TPSA) is 17.8 Å². The Morgan fingerprint density at radius 3 is 2.43 bits per heavy atom. The number of nitrogens with zero attached hydrogens (tertiary/aromatic N) is 2. The van der Waals surface area contributed by atoms with Gasteiger partial charge in [-0.2, -0.15) is 0 Å². The predicted molar refractivity (Wildman–Crippen MR) is 95.7 cm³/mol. The van der Waals surface area contributed by atoms with Crippen molar-refractivity contribution in [3.8, 4) is 11.4 Å². The van der Waals surface area contributed by atoms with Crippen molar-refractivity contribution >= 4 is 22.5 Å². The quantitative estimate of drug-likeness (QED) is 0.494. The van der Waals surface area contributed by atoms with Crippen LogP contribution >= 0.6 is 11.6 Å². The Hall–Kier alpha value is -2.58. The van der Waals surface area contributed by atoms with E-state index in [1.807, 2.05) is 36.5 Å². The van der Waals surface area contributed by atoms with Crippen LogP contribution in [0.1, 0.15) is 5.56 Å². The average Bonchev–Trinajstić information content (AvgIpc) is 2.96. The van der Waals surface area contributed by atoms with Gasteiger partial charge in [-0.3, -0.25) is 4.98 Å². The maximum Gasteiger partial charge on any atom is 0.0866 e. The summed E-state index contributed by atoms with van der Waals surface area (Å²) in [6.07, 6.45) is 1.83. The third-order valence-corrected chi connectivity index (χ3v) is 4.24. The number of hydrogen-bond acceptors (Lipinski definition) is 1. The Bertz CT molecular complexity index is 940. The molecular formula is C20H15ClN2. The number of halogens is 1. The van der Waals surface area contributed by atoms with Crippen LogP contribution in [0.5, 0.6) is 0 Å². The molecule has 23 heavy (non-hydrogen) atoms. The highest BCUT2D eigenvalue weighted by Gasteiger charge is 2.11. The van der Waals surface area contributed by atoms with Crippen molar-refractivity contribution in [1.82, 2.24) is 9.55 Å². The highest BCUT2D eigenvalue weighted by Crippen LogP contribution is 2.28. The van der Waals surface area contributed by atoms with Crippen LogP contribution in [-0.2, 0) is 6.54 Å². The second kappa shape index (κ2) is 5.90. The molecule has 2 heterocycles. The lowest BCUT2D eigenvalue weighted by molar-refractivity contribution is 0.841. The van der Waals surface area contributed by atoms with E-state index in [1.165, 1.54) is 16.5 Å². The molecule has 2 aromatic carbocycles. The minimum Gasteiger partial charge on any atom is -0.335 e. The van der Waals surface area contributed by atoms with Crippen molar-refractivity contribution in [2.24, 2.45) is 0 Å². The van der Waals surface area contributed by atoms with Gasteiger partial charge in [-0.25, -0.2) is 0 Å². The van der Waals surface area contributed by atoms with E-state index in [2.05, 4.69) is 52.0 Å². The fraction of sp³-hybridized carbons (Fsp3) is 0.0500. The summed E-state index contributed by atoms with van der Waals surface area (Å²) >= 11 is 6.00. The van der Waals surface area contributed by atoms with Gasteiger partial charge in [0.25, 0.3) is 0 Å². The van der Waals surface area contributed by atoms with E-state index in [-0.39, 0.29) is 0 Å². The van der Waals surface area contributed by atoms with E-state index in [0.29, 0.717) is 0 Å². The molecule has 112 valence electrons. The normalized spacial score (nSPS) is 11.0. The van der Waals surface area contributed by atoms with Gasteiger partial charge in [-0.05, 0) is 42.0 Å². The maximum atomic E-state index is 6.00. The first-order valence-corrected chi connectivity index (χ1v) is 7.93. The average molecular weight is 319 g/mol. The van der Waals surface area contributed by atoms with Crippen LogP contribution in [0, 0.1) is 0 Å². The van der Waals surface area contributed by atoms with Gasteiger partial charge in [0.05, 0.1) is 11.4 Å². The van der Waals surface area contributed by atoms with Gasteiger partial charge in [0.2, 0.25) is 0 Å². The molecule has 4 rings (SSSR count). The first kappa shape index (κ1) is 14.0. The lowest BCUT2D eigenvalue weighted by atomic mass is 10.2. The molecule has 0 atom stereocenters. The van der Waals surface area contributed by atoms with Crippen molar-refractivity contribution in [1.29, 1.82) is 0 Å². The number of aromatic nitrogens is 2. The number of rotatable bonds is 3. The predicted octanol–water partition coefficient (Wildman–Crippen LogP) is 5.41. The highest BCUT2D eigenvalue weighted by molar-refractivity contribution is 6.30. The molecule has 0 aliphatic carbocycles. The fourth-order valence-electron chi connectivity index (χ4n) is 2.88. The molecule has 0 unspecified atom stereocenters. The van der Waals surface area contributed by atoms with E-state index in [1.54, 1.807) is 0 Å². The van der Waals surface area contributed by atoms with E-state index in [0.717, 1.165) is 23.0 Å². The Kier molecular flexibility index (Phi) is 3.60. The summed E-state index contributed by atoms with van der Waals surface area (Å²) in [7, 11) is 0. The zero-order valence-corrected chi connectivity index (χ0v) is 13.2. The minimum absolute atomic E-state index is 0.760. The van der Waals surface area contributed by atoms with Gasteiger partial charge in [0, 0.05) is 28.7 Å². The van der Waals surface area contributed by atoms with Crippen LogP contribution in [0.4, 0.5) is 0 Å². The minimum atomic E-state index is 0.760. The molecule has 3 heteroatoms. The molecule has 0 amide bonds. The van der Waals surface area contributed by atoms with Crippen LogP contribution in [-0.4, -0.2) is 9.55 Å². The zero-order chi connectivity index (χ0) is 15.6. The molecule has 4 aromatic rings. The van der Waals surface area contributed by atoms with Gasteiger partial charge in [0.15, 0.2) is 0 Å². The Morgan fingerprint density at radius 2 is 1.65 bits per heavy atom. The van der Waals surface area contributed by atoms with Gasteiger partial charge in [-0.1, -0.05) is 48.0 Å². The number of para-hydroxylation sites is 1. The molecule has 0 bridgehead atoms. The number of fused-ring (bicyclic) bond motifs is 1. The van der Waals surface area contributed by atoms with Crippen molar-refractivity contribution < 1.29 is 0 Å². The number of benzene rings is 2. The van der Waals surface area contributed by atoms with E-state index < -0.39 is 0 Å². The summed E-state index contributed by atoms with van der Waals surface area (Å²) in [6, 6.07) is 24.6. The maximum absolute atomic E-state index is 6.00. The highest BCUT2D eigenvalue weighted by atomic mass is 35.5. The van der Waals surface area contributed by atoms with E-state index >= 15 is 0 Å². The molecule has 0 saturated carbocycles. The molecular weight excluding hydrogens is 304 g/mol. The lowest BCUT2D eigenvalue weighted by Crippen LogP contribution is -2.02. The summed E-state index contributed by atoms with van der Waals surface area (Å²) in [5.41, 5.74) is 4.54. The van der Waals surface area contributed by atoms with E-state index in [9.17, 15) is 0 Å². The Balaban J connectivity index is 1.87. The van der Waals surface area contributed by atoms with Crippen LogP contribution in [0.25, 0.3) is 22.3 Å². The SMILES string of the molecule is Clc1ccc(Cn2c(-c3ccccn3)cc3ccccc32)cc1. The summed E-state index contributed by atoms with van der Waals surface area (Å²) < 4.78 is 2.31. The van der Waals surface area contributed by atoms with Crippen molar-refractivity contribution in [3.63, 3.8) is 0 Å². The van der Waals surface area contributed by atoms with Crippen LogP contribution < -0.4 is 0 Å². The smallest absolute Gasteiger partial charge is 0.0866 e. The molecule has 0 aliphatic rings. The van der Waals surface area contributed by atoms with E-state index in [4.69, 9.17) is 11.6 Å². The third-order valence-electron chi connectivity index (χ3n) is 3.99. The van der Waals surface area contributed by atoms with Crippen molar-refractivity contribution in [3.05, 3.63) is 89.6 Å². The van der Waals surface area contributed by atoms with Crippen LogP contribution in [0.3, 0.4) is 0 Å². The molecule has 0 fully saturated rings. The third kappa shape index (κ3) is 2.73. The molecule has 0 radical (unpaired) electrons. The second-order valence-corrected chi connectivity index (χ2v) is 5.95. The second-order valence-electron chi connectivity index (χ2n) is 5.52. The molecule has 2 aromatic heterocycles. The molecule has 2 nitrogen and oxygen atoms in total. The Labute approximate surface area is 140 Å². The Morgan fingerprint density at radius 1 is 0.870 bits per heavy atom. The number of hydrogen-bond donors (Lipinski definition) is 0. The summed E-state index contributed by atoms with van der Waals surface area (Å²) in [6.45, 7) is 0.788. The van der Waals surface area contributed by atoms with Gasteiger partial charge >= 0.3 is 0 Å². The summed E-state index contributed by atoms with van der Waals surface area (Å²) in [5.74, 6) is 0. The summed E-state index contributed by atoms with van der Waals surface area (Å²) in [5, 5.41) is 1.98.